The summed E-state index contributed by atoms with van der Waals surface area (Å²) in [6, 6.07) is 123. The Bertz CT molecular complexity index is 5810. The molecule has 0 unspecified atom stereocenters. The SMILES string of the molecule is CCCCCCCCC1(CCCCCCCC)c2cc(C)ccc2-c2ccc(C)cc21.CCCCc1ccc(N(c2ccc(CCCC)cc2)c2ccc(N(c3ccc(CCCC)cc3)c3ccc(CCCCCCCCC4(CCCCCCCCc5ccc(N(c6ccc(CCCC)cc6)c6ccc(N(c7ccc(CCCC)cc7)c7ccc(CCCC)cc7)cc6)cc5)c5cc(C)ccc5-c5ccc(C)cc54)cc3)cc2)cc1. The van der Waals surface area contributed by atoms with Crippen molar-refractivity contribution >= 4 is 68.2 Å². The Hall–Kier alpha value is -11.7. The summed E-state index contributed by atoms with van der Waals surface area (Å²) in [5.41, 5.74) is 43.7. The van der Waals surface area contributed by atoms with Crippen LogP contribution in [0.2, 0.25) is 0 Å². The molecule has 4 heteroatoms. The van der Waals surface area contributed by atoms with Crippen molar-refractivity contribution < 1.29 is 0 Å². The molecule has 14 aromatic carbocycles. The van der Waals surface area contributed by atoms with E-state index in [1.54, 1.807) is 22.3 Å². The largest absolute Gasteiger partial charge is 0.311 e. The molecule has 788 valence electrons. The minimum absolute atomic E-state index is 0.0701. The molecule has 2 aliphatic rings. The van der Waals surface area contributed by atoms with Gasteiger partial charge in [0.2, 0.25) is 0 Å². The zero-order valence-corrected chi connectivity index (χ0v) is 94.8. The van der Waals surface area contributed by atoms with Crippen molar-refractivity contribution in [1.29, 1.82) is 0 Å². The van der Waals surface area contributed by atoms with E-state index in [4.69, 9.17) is 0 Å². The van der Waals surface area contributed by atoms with Gasteiger partial charge in [-0.3, -0.25) is 0 Å². The molecule has 0 saturated carbocycles. The Morgan fingerprint density at radius 2 is 0.273 bits per heavy atom. The van der Waals surface area contributed by atoms with Gasteiger partial charge in [-0.2, -0.15) is 0 Å². The fraction of sp³-hybridized carbons (Fsp3) is 0.425. The van der Waals surface area contributed by atoms with E-state index in [0.29, 0.717) is 0 Å². The number of benzene rings is 14. The highest BCUT2D eigenvalue weighted by Crippen LogP contribution is 2.57. The molecular formula is C146H184N4. The van der Waals surface area contributed by atoms with Gasteiger partial charge < -0.3 is 19.6 Å². The third kappa shape index (κ3) is 30.4. The number of fused-ring (bicyclic) bond motifs is 6. The Morgan fingerprint density at radius 1 is 0.140 bits per heavy atom. The molecule has 0 aliphatic heterocycles. The van der Waals surface area contributed by atoms with Gasteiger partial charge in [-0.05, 0) is 391 Å². The van der Waals surface area contributed by atoms with Crippen molar-refractivity contribution in [3.63, 3.8) is 0 Å². The lowest BCUT2D eigenvalue weighted by Gasteiger charge is -2.33. The summed E-state index contributed by atoms with van der Waals surface area (Å²) < 4.78 is 0. The van der Waals surface area contributed by atoms with E-state index in [1.165, 1.54) is 391 Å². The molecule has 2 aliphatic carbocycles. The fourth-order valence-corrected chi connectivity index (χ4v) is 24.2. The van der Waals surface area contributed by atoms with Crippen molar-refractivity contribution in [2.45, 2.75) is 402 Å². The average Bonchev–Trinajstić information content (AvgIpc) is 1.57. The predicted molar refractivity (Wildman–Crippen MR) is 656 cm³/mol. The molecule has 0 N–H and O–H groups in total. The van der Waals surface area contributed by atoms with Crippen LogP contribution in [0, 0.1) is 27.7 Å². The first-order valence-corrected chi connectivity index (χ1v) is 60.2. The van der Waals surface area contributed by atoms with Crippen LogP contribution in [-0.2, 0) is 62.2 Å². The van der Waals surface area contributed by atoms with E-state index in [2.05, 4.69) is 418 Å². The summed E-state index contributed by atoms with van der Waals surface area (Å²) in [5.74, 6) is 0. The maximum Gasteiger partial charge on any atom is 0.0463 e. The smallest absolute Gasteiger partial charge is 0.0463 e. The summed E-state index contributed by atoms with van der Waals surface area (Å²) in [5, 5.41) is 0. The highest BCUT2D eigenvalue weighted by Gasteiger charge is 2.44. The minimum atomic E-state index is 0.0701. The quantitative estimate of drug-likeness (QED) is 0.0352. The Morgan fingerprint density at radius 3 is 0.433 bits per heavy atom. The van der Waals surface area contributed by atoms with E-state index in [-0.39, 0.29) is 10.8 Å². The first-order chi connectivity index (χ1) is 73.7. The third-order valence-electron chi connectivity index (χ3n) is 33.1. The van der Waals surface area contributed by atoms with Gasteiger partial charge in [0.25, 0.3) is 0 Å². The van der Waals surface area contributed by atoms with Crippen LogP contribution in [0.15, 0.2) is 315 Å². The minimum Gasteiger partial charge on any atom is -0.311 e. The molecule has 0 amide bonds. The topological polar surface area (TPSA) is 13.0 Å². The molecule has 16 rings (SSSR count). The molecule has 0 aromatic heterocycles. The zero-order valence-electron chi connectivity index (χ0n) is 94.8. The number of anilines is 12. The Balaban J connectivity index is 0.000000462. The second kappa shape index (κ2) is 58.8. The van der Waals surface area contributed by atoms with Crippen LogP contribution in [0.1, 0.15) is 401 Å². The van der Waals surface area contributed by atoms with Gasteiger partial charge in [0.1, 0.15) is 0 Å². The second-order valence-electron chi connectivity index (χ2n) is 45.0. The van der Waals surface area contributed by atoms with Crippen LogP contribution in [0.25, 0.3) is 22.3 Å². The summed E-state index contributed by atoms with van der Waals surface area (Å²) in [6.45, 7) is 27.5. The van der Waals surface area contributed by atoms with Gasteiger partial charge >= 0.3 is 0 Å². The normalized spacial score (nSPS) is 12.5. The van der Waals surface area contributed by atoms with Crippen molar-refractivity contribution in [2.24, 2.45) is 0 Å². The predicted octanol–water partition coefficient (Wildman–Crippen LogP) is 44.5. The fourth-order valence-electron chi connectivity index (χ4n) is 24.2. The van der Waals surface area contributed by atoms with Crippen LogP contribution in [0.5, 0.6) is 0 Å². The number of rotatable bonds is 62. The van der Waals surface area contributed by atoms with Crippen LogP contribution in [0.3, 0.4) is 0 Å². The highest BCUT2D eigenvalue weighted by atomic mass is 15.2. The Labute approximate surface area is 910 Å². The van der Waals surface area contributed by atoms with E-state index in [1.807, 2.05) is 0 Å². The molecule has 150 heavy (non-hydrogen) atoms. The average molecular weight is 2000 g/mol. The summed E-state index contributed by atoms with van der Waals surface area (Å²) in [4.78, 5) is 9.75. The number of nitrogens with zero attached hydrogens (tertiary/aromatic N) is 4. The van der Waals surface area contributed by atoms with E-state index < -0.39 is 0 Å². The summed E-state index contributed by atoms with van der Waals surface area (Å²) in [6.07, 6.45) is 60.3. The van der Waals surface area contributed by atoms with Gasteiger partial charge in [0.15, 0.2) is 0 Å². The maximum atomic E-state index is 2.57. The summed E-state index contributed by atoms with van der Waals surface area (Å²) >= 11 is 0. The van der Waals surface area contributed by atoms with Crippen molar-refractivity contribution in [3.05, 3.63) is 404 Å². The lowest BCUT2D eigenvalue weighted by Crippen LogP contribution is -2.25. The van der Waals surface area contributed by atoms with E-state index in [9.17, 15) is 0 Å². The number of unbranched alkanes of at least 4 members (excludes halogenated alkanes) is 26. The molecule has 0 atom stereocenters. The second-order valence-corrected chi connectivity index (χ2v) is 45.0. The molecule has 0 bridgehead atoms. The molecule has 0 saturated heterocycles. The standard InChI is InChI=1S/C115H138N4.C31H46/c1-9-15-33-91-43-59-99(60-44-91)116(100-61-45-92(46-62-100)34-16-10-2)107-75-79-109(80-76-107)118(103-67-51-95(52-68-103)37-19-13-5)105-71-55-97(56-72-105)39-29-25-21-23-27-31-85-115(113-87-89(7)41-83-111(113)112-84-42-90(8)88-114(112)115)86-32-28-24-22-26-30-40-98-57-73-106(74-58-98)119(104-69-53-96(54-70-104)38-20-14-6)110-81-77-108(78-82-110)117(101-63-47-93(48-64-101)35-17-11-3)102-65-49-94(50-66-102)36-18-12-4;1-5-7-9-11-13-15-21-31(22-16-14-12-10-8-6-2)29-23-25(3)17-19-27(29)28-20-18-26(4)24-30(28)31/h41-84,87-88H,9-40,85-86H2,1-8H3;17-20,23-24H,5-16,21-22H2,1-4H3. The number of hydrogen-bond donors (Lipinski definition) is 0. The first kappa shape index (κ1) is 112. The molecular weight excluding hydrogens is 1810 g/mol. The van der Waals surface area contributed by atoms with Gasteiger partial charge in [-0.1, -0.05) is 427 Å². The van der Waals surface area contributed by atoms with Crippen molar-refractivity contribution in [3.8, 4) is 22.3 Å². The number of aryl methyl sites for hydroxylation is 12. The van der Waals surface area contributed by atoms with Crippen LogP contribution < -0.4 is 19.6 Å². The van der Waals surface area contributed by atoms with Crippen LogP contribution in [0.4, 0.5) is 68.2 Å². The van der Waals surface area contributed by atoms with Gasteiger partial charge in [-0.25, -0.2) is 0 Å². The monoisotopic (exact) mass is 1990 g/mol. The maximum absolute atomic E-state index is 2.57. The third-order valence-corrected chi connectivity index (χ3v) is 33.1. The lowest BCUT2D eigenvalue weighted by atomic mass is 9.70. The molecule has 4 nitrogen and oxygen atoms in total. The number of hydrogen-bond acceptors (Lipinski definition) is 4. The highest BCUT2D eigenvalue weighted by molar-refractivity contribution is 5.86. The van der Waals surface area contributed by atoms with E-state index in [0.717, 1.165) is 74.1 Å². The zero-order chi connectivity index (χ0) is 104. The molecule has 0 radical (unpaired) electrons. The molecule has 14 aromatic rings. The van der Waals surface area contributed by atoms with Crippen LogP contribution in [-0.4, -0.2) is 0 Å². The van der Waals surface area contributed by atoms with Crippen LogP contribution >= 0.6 is 0 Å². The molecule has 0 heterocycles. The Kier molecular flexibility index (Phi) is 44.0. The van der Waals surface area contributed by atoms with Gasteiger partial charge in [0, 0.05) is 79.1 Å². The molecule has 0 spiro atoms. The van der Waals surface area contributed by atoms with Crippen molar-refractivity contribution in [2.75, 3.05) is 19.6 Å². The molecule has 0 fully saturated rings. The first-order valence-electron chi connectivity index (χ1n) is 60.2. The van der Waals surface area contributed by atoms with E-state index >= 15 is 0 Å². The van der Waals surface area contributed by atoms with Crippen molar-refractivity contribution in [1.82, 2.24) is 0 Å². The van der Waals surface area contributed by atoms with Gasteiger partial charge in [0.05, 0.1) is 0 Å². The summed E-state index contributed by atoms with van der Waals surface area (Å²) in [7, 11) is 0. The van der Waals surface area contributed by atoms with Gasteiger partial charge in [-0.15, -0.1) is 0 Å². The lowest BCUT2D eigenvalue weighted by molar-refractivity contribution is 0.397.